The van der Waals surface area contributed by atoms with Crippen LogP contribution >= 0.6 is 11.6 Å². The lowest BCUT2D eigenvalue weighted by Gasteiger charge is -2.26. The zero-order chi connectivity index (χ0) is 30.2. The fraction of sp³-hybridized carbons (Fsp3) is 0.258. The third-order valence-corrected chi connectivity index (χ3v) is 6.98. The predicted molar refractivity (Wildman–Crippen MR) is 162 cm³/mol. The van der Waals surface area contributed by atoms with E-state index in [1.165, 1.54) is 18.0 Å². The van der Waals surface area contributed by atoms with E-state index in [0.717, 1.165) is 16.7 Å². The molecule has 11 heteroatoms. The van der Waals surface area contributed by atoms with Gasteiger partial charge in [0.2, 0.25) is 0 Å². The highest BCUT2D eigenvalue weighted by atomic mass is 35.5. The summed E-state index contributed by atoms with van der Waals surface area (Å²) in [6, 6.07) is 18.4. The summed E-state index contributed by atoms with van der Waals surface area (Å²) in [6.07, 6.45) is 1.91. The number of benzene rings is 3. The number of rotatable bonds is 12. The highest BCUT2D eigenvalue weighted by Gasteiger charge is 2.26. The topological polar surface area (TPSA) is 118 Å². The van der Waals surface area contributed by atoms with Gasteiger partial charge in [0.1, 0.15) is 17.8 Å². The molecule has 10 nitrogen and oxygen atoms in total. The summed E-state index contributed by atoms with van der Waals surface area (Å²) in [5.74, 6) is 0.733. The number of carbonyl (C=O) groups is 1. The van der Waals surface area contributed by atoms with Gasteiger partial charge in [-0.2, -0.15) is 0 Å². The van der Waals surface area contributed by atoms with Crippen LogP contribution in [0, 0.1) is 0 Å². The summed E-state index contributed by atoms with van der Waals surface area (Å²) in [7, 11) is 6.01. The first-order valence-electron chi connectivity index (χ1n) is 13.1. The molecule has 0 amide bonds. The summed E-state index contributed by atoms with van der Waals surface area (Å²) in [6.45, 7) is 1.14. The molecule has 0 unspecified atom stereocenters. The maximum absolute atomic E-state index is 14.0. The Morgan fingerprint density at radius 2 is 1.48 bits per heavy atom. The molecule has 4 aromatic rings. The van der Waals surface area contributed by atoms with Gasteiger partial charge in [-0.1, -0.05) is 35.9 Å². The van der Waals surface area contributed by atoms with Gasteiger partial charge in [-0.05, 0) is 59.5 Å². The molecular formula is C31H33ClN4O6. The van der Waals surface area contributed by atoms with Gasteiger partial charge in [-0.25, -0.2) is 9.78 Å². The summed E-state index contributed by atoms with van der Waals surface area (Å²) >= 11 is 6.60. The number of nitrogen functional groups attached to an aromatic ring is 1. The van der Waals surface area contributed by atoms with Crippen LogP contribution in [0.25, 0.3) is 5.69 Å². The summed E-state index contributed by atoms with van der Waals surface area (Å²) in [4.78, 5) is 33.5. The number of halogens is 1. The normalized spacial score (nSPS) is 10.8. The summed E-state index contributed by atoms with van der Waals surface area (Å²) in [5, 5.41) is 0.238. The van der Waals surface area contributed by atoms with Crippen LogP contribution in [0.1, 0.15) is 27.0 Å². The Hall–Kier alpha value is -4.54. The van der Waals surface area contributed by atoms with Crippen molar-refractivity contribution in [2.24, 2.45) is 0 Å². The zero-order valence-electron chi connectivity index (χ0n) is 23.9. The van der Waals surface area contributed by atoms with Crippen LogP contribution in [0.15, 0.2) is 71.8 Å². The molecule has 0 bridgehead atoms. The van der Waals surface area contributed by atoms with Crippen LogP contribution < -0.4 is 25.7 Å². The van der Waals surface area contributed by atoms with Gasteiger partial charge < -0.3 is 29.6 Å². The molecular weight excluding hydrogens is 560 g/mol. The van der Waals surface area contributed by atoms with Crippen molar-refractivity contribution in [2.45, 2.75) is 19.5 Å². The summed E-state index contributed by atoms with van der Waals surface area (Å²) < 4.78 is 21.9. The minimum atomic E-state index is -0.835. The van der Waals surface area contributed by atoms with E-state index >= 15 is 0 Å². The molecule has 0 radical (unpaired) electrons. The zero-order valence-corrected chi connectivity index (χ0v) is 24.7. The van der Waals surface area contributed by atoms with Gasteiger partial charge in [-0.3, -0.25) is 9.36 Å². The largest absolute Gasteiger partial charge is 0.497 e. The smallest absolute Gasteiger partial charge is 0.347 e. The molecule has 0 saturated heterocycles. The van der Waals surface area contributed by atoms with E-state index in [2.05, 4.69) is 4.98 Å². The van der Waals surface area contributed by atoms with Gasteiger partial charge >= 0.3 is 5.97 Å². The Kier molecular flexibility index (Phi) is 10.1. The number of carbonyl (C=O) groups excluding carboxylic acids is 1. The third kappa shape index (κ3) is 6.84. The fourth-order valence-corrected chi connectivity index (χ4v) is 4.87. The molecule has 220 valence electrons. The molecule has 1 heterocycles. The van der Waals surface area contributed by atoms with Gasteiger partial charge in [0.25, 0.3) is 5.56 Å². The monoisotopic (exact) mass is 592 g/mol. The SMILES string of the molecule is COCCc1cc(N)c(-n2cnc(N(Cc3ccc(OC)cc3)Cc3ccc(OC)cc3)c(C(=O)OC)c2=O)c(Cl)c1. The molecule has 0 aliphatic carbocycles. The third-order valence-electron chi connectivity index (χ3n) is 6.69. The van der Waals surface area contributed by atoms with E-state index in [-0.39, 0.29) is 27.8 Å². The van der Waals surface area contributed by atoms with E-state index in [1.807, 2.05) is 53.4 Å². The molecule has 0 atom stereocenters. The van der Waals surface area contributed by atoms with Crippen LogP contribution in [-0.2, 0) is 29.0 Å². The van der Waals surface area contributed by atoms with Crippen molar-refractivity contribution in [1.82, 2.24) is 9.55 Å². The van der Waals surface area contributed by atoms with Crippen LogP contribution in [0.2, 0.25) is 5.02 Å². The van der Waals surface area contributed by atoms with E-state index in [4.69, 9.17) is 36.3 Å². The number of aromatic nitrogens is 2. The van der Waals surface area contributed by atoms with Crippen LogP contribution in [-0.4, -0.2) is 50.6 Å². The molecule has 0 saturated carbocycles. The Bertz CT molecular complexity index is 1520. The van der Waals surface area contributed by atoms with Crippen molar-refractivity contribution >= 4 is 29.1 Å². The highest BCUT2D eigenvalue weighted by Crippen LogP contribution is 2.29. The van der Waals surface area contributed by atoms with E-state index in [9.17, 15) is 9.59 Å². The molecule has 3 aromatic carbocycles. The number of esters is 1. The molecule has 0 spiro atoms. The molecule has 1 aromatic heterocycles. The van der Waals surface area contributed by atoms with E-state index in [0.29, 0.717) is 37.6 Å². The molecule has 0 aliphatic heterocycles. The number of hydrogen-bond acceptors (Lipinski definition) is 9. The quantitative estimate of drug-likeness (QED) is 0.185. The second kappa shape index (κ2) is 13.9. The van der Waals surface area contributed by atoms with Gasteiger partial charge in [0.15, 0.2) is 11.4 Å². The lowest BCUT2D eigenvalue weighted by Crippen LogP contribution is -2.33. The fourth-order valence-electron chi connectivity index (χ4n) is 4.53. The Balaban J connectivity index is 1.83. The number of methoxy groups -OCH3 is 4. The van der Waals surface area contributed by atoms with Crippen molar-refractivity contribution in [3.05, 3.63) is 105 Å². The standard InChI is InChI=1S/C31H33ClN4O6/c1-39-14-13-22-15-25(32)28(26(33)16-22)36-19-34-29(27(30(36)37)31(38)42-4)35(17-20-5-9-23(40-2)10-6-20)18-21-7-11-24(41-3)12-8-21/h5-12,15-16,19H,13-14,17-18,33H2,1-4H3. The van der Waals surface area contributed by atoms with Crippen molar-refractivity contribution in [1.29, 1.82) is 0 Å². The Morgan fingerprint density at radius 3 is 1.95 bits per heavy atom. The molecule has 0 aliphatic rings. The Morgan fingerprint density at radius 1 is 0.905 bits per heavy atom. The second-order valence-corrected chi connectivity index (χ2v) is 9.83. The Labute approximate surface area is 249 Å². The van der Waals surface area contributed by atoms with Gasteiger partial charge in [0, 0.05) is 20.2 Å². The molecule has 42 heavy (non-hydrogen) atoms. The number of nitrogens with two attached hydrogens (primary N) is 1. The number of nitrogens with zero attached hydrogens (tertiary/aromatic N) is 3. The minimum absolute atomic E-state index is 0.154. The van der Waals surface area contributed by atoms with Crippen molar-refractivity contribution in [3.8, 4) is 17.2 Å². The van der Waals surface area contributed by atoms with Crippen molar-refractivity contribution in [3.63, 3.8) is 0 Å². The molecule has 2 N–H and O–H groups in total. The lowest BCUT2D eigenvalue weighted by molar-refractivity contribution is 0.0598. The van der Waals surface area contributed by atoms with Crippen LogP contribution in [0.4, 0.5) is 11.5 Å². The number of ether oxygens (including phenoxy) is 4. The van der Waals surface area contributed by atoms with Crippen LogP contribution in [0.3, 0.4) is 0 Å². The maximum atomic E-state index is 14.0. The van der Waals surface area contributed by atoms with Crippen molar-refractivity contribution in [2.75, 3.05) is 45.7 Å². The highest BCUT2D eigenvalue weighted by molar-refractivity contribution is 6.33. The van der Waals surface area contributed by atoms with E-state index in [1.54, 1.807) is 33.5 Å². The minimum Gasteiger partial charge on any atom is -0.497 e. The number of anilines is 2. The van der Waals surface area contributed by atoms with Gasteiger partial charge in [-0.15, -0.1) is 0 Å². The van der Waals surface area contributed by atoms with Crippen LogP contribution in [0.5, 0.6) is 11.5 Å². The maximum Gasteiger partial charge on any atom is 0.347 e. The lowest BCUT2D eigenvalue weighted by atomic mass is 10.1. The first kappa shape index (κ1) is 30.4. The first-order valence-corrected chi connectivity index (χ1v) is 13.4. The average molecular weight is 593 g/mol. The predicted octanol–water partition coefficient (Wildman–Crippen LogP) is 4.67. The average Bonchev–Trinajstić information content (AvgIpc) is 3.00. The molecule has 4 rings (SSSR count). The van der Waals surface area contributed by atoms with Gasteiger partial charge in [0.05, 0.1) is 44.3 Å². The van der Waals surface area contributed by atoms with E-state index < -0.39 is 11.5 Å². The number of hydrogen-bond donors (Lipinski definition) is 1. The van der Waals surface area contributed by atoms with Crippen molar-refractivity contribution < 1.29 is 23.7 Å². The second-order valence-electron chi connectivity index (χ2n) is 9.42. The first-order chi connectivity index (χ1) is 20.3. The molecule has 0 fully saturated rings. The summed E-state index contributed by atoms with van der Waals surface area (Å²) in [5.41, 5.74) is 8.57.